The van der Waals surface area contributed by atoms with E-state index in [2.05, 4.69) is 32.7 Å². The summed E-state index contributed by atoms with van der Waals surface area (Å²) in [6.45, 7) is 15.7. The van der Waals surface area contributed by atoms with Crippen molar-refractivity contribution in [3.05, 3.63) is 12.8 Å². The molecule has 1 atom stereocenters. The number of nitrogens with zero attached hydrogens (tertiary/aromatic N) is 1. The van der Waals surface area contributed by atoms with E-state index in [0.717, 1.165) is 25.9 Å². The maximum atomic E-state index is 12.4. The second-order valence-electron chi connectivity index (χ2n) is 5.56. The van der Waals surface area contributed by atoms with E-state index in [1.165, 1.54) is 6.42 Å². The summed E-state index contributed by atoms with van der Waals surface area (Å²) >= 11 is 0. The smallest absolute Gasteiger partial charge is 0.245 e. The van der Waals surface area contributed by atoms with Crippen molar-refractivity contribution in [3.8, 4) is 0 Å². The van der Waals surface area contributed by atoms with Gasteiger partial charge in [0.2, 0.25) is 5.91 Å². The summed E-state index contributed by atoms with van der Waals surface area (Å²) < 4.78 is 0. The molecule has 0 aromatic carbocycles. The maximum absolute atomic E-state index is 12.4. The molecule has 18 heavy (non-hydrogen) atoms. The fraction of sp³-hybridized carbons (Fsp3) is 0.800. The van der Waals surface area contributed by atoms with E-state index in [4.69, 9.17) is 0 Å². The van der Waals surface area contributed by atoms with Gasteiger partial charge in [-0.25, -0.2) is 0 Å². The van der Waals surface area contributed by atoms with Gasteiger partial charge in [-0.05, 0) is 30.9 Å². The van der Waals surface area contributed by atoms with E-state index in [1.807, 2.05) is 18.7 Å². The van der Waals surface area contributed by atoms with E-state index in [9.17, 15) is 4.79 Å². The number of nitrogens with one attached hydrogen (secondary N) is 1. The second-order valence-corrected chi connectivity index (χ2v) is 5.56. The Bertz CT molecular complexity index is 250. The van der Waals surface area contributed by atoms with Crippen molar-refractivity contribution < 1.29 is 4.79 Å². The quantitative estimate of drug-likeness (QED) is 0.839. The molecule has 0 spiro atoms. The summed E-state index contributed by atoms with van der Waals surface area (Å²) in [5.74, 6) is 0.215. The van der Waals surface area contributed by atoms with Crippen LogP contribution >= 0.6 is 0 Å². The fourth-order valence-corrected chi connectivity index (χ4v) is 2.11. The number of likely N-dealkylation sites (tertiary alicyclic amines) is 1. The highest BCUT2D eigenvalue weighted by Crippen LogP contribution is 2.22. The Kier molecular flexibility index (Phi) is 7.72. The van der Waals surface area contributed by atoms with Gasteiger partial charge >= 0.3 is 0 Å². The van der Waals surface area contributed by atoms with Gasteiger partial charge in [0.25, 0.3) is 0 Å². The Labute approximate surface area is 113 Å². The molecule has 1 aliphatic heterocycles. The zero-order valence-electron chi connectivity index (χ0n) is 12.8. The topological polar surface area (TPSA) is 32.3 Å². The number of carbonyl (C=O) groups is 1. The molecule has 1 heterocycles. The van der Waals surface area contributed by atoms with Crippen LogP contribution in [0.4, 0.5) is 0 Å². The lowest BCUT2D eigenvalue weighted by Crippen LogP contribution is -2.52. The first-order valence-electron chi connectivity index (χ1n) is 7.12. The molecule has 1 amide bonds. The molecular weight excluding hydrogens is 224 g/mol. The maximum Gasteiger partial charge on any atom is 0.245 e. The number of piperidine rings is 1. The normalized spacial score (nSPS) is 17.3. The van der Waals surface area contributed by atoms with Crippen molar-refractivity contribution in [2.45, 2.75) is 59.9 Å². The molecule has 106 valence electrons. The van der Waals surface area contributed by atoms with Crippen molar-refractivity contribution in [3.63, 3.8) is 0 Å². The molecule has 1 aliphatic rings. The summed E-state index contributed by atoms with van der Waals surface area (Å²) in [5.41, 5.74) is -0.0806. The summed E-state index contributed by atoms with van der Waals surface area (Å²) in [6.07, 6.45) is 5.14. The van der Waals surface area contributed by atoms with Gasteiger partial charge in [0.05, 0.1) is 0 Å². The van der Waals surface area contributed by atoms with Gasteiger partial charge in [-0.3, -0.25) is 4.79 Å². The van der Waals surface area contributed by atoms with Gasteiger partial charge in [0.1, 0.15) is 6.04 Å². The van der Waals surface area contributed by atoms with Crippen LogP contribution in [-0.4, -0.2) is 29.9 Å². The van der Waals surface area contributed by atoms with Crippen LogP contribution in [0.1, 0.15) is 53.9 Å². The number of hydrogen-bond donors (Lipinski definition) is 1. The molecule has 1 saturated heterocycles. The van der Waals surface area contributed by atoms with Crippen molar-refractivity contribution in [1.29, 1.82) is 0 Å². The van der Waals surface area contributed by atoms with Crippen LogP contribution in [0.25, 0.3) is 0 Å². The van der Waals surface area contributed by atoms with Gasteiger partial charge in [0, 0.05) is 13.1 Å². The van der Waals surface area contributed by atoms with Crippen LogP contribution in [0.2, 0.25) is 0 Å². The highest BCUT2D eigenvalue weighted by Gasteiger charge is 2.33. The lowest BCUT2D eigenvalue weighted by Gasteiger charge is -2.36. The standard InChI is InChI=1S/C13H24N2O.C2H6/c1-5-14-11(13(2,3)4)12(16)15-9-7-6-8-10-15;1-2/h5,11,14H,1,6-10H2,2-4H3;1-2H3. The average molecular weight is 254 g/mol. The monoisotopic (exact) mass is 254 g/mol. The van der Waals surface area contributed by atoms with Crippen LogP contribution in [0, 0.1) is 5.41 Å². The molecule has 0 saturated carbocycles. The lowest BCUT2D eigenvalue weighted by molar-refractivity contribution is -0.136. The first kappa shape index (κ1) is 17.0. The van der Waals surface area contributed by atoms with E-state index in [-0.39, 0.29) is 17.4 Å². The van der Waals surface area contributed by atoms with E-state index in [1.54, 1.807) is 6.20 Å². The number of carbonyl (C=O) groups excluding carboxylic acids is 1. The molecule has 3 nitrogen and oxygen atoms in total. The first-order valence-corrected chi connectivity index (χ1v) is 7.12. The van der Waals surface area contributed by atoms with E-state index >= 15 is 0 Å². The Morgan fingerprint density at radius 1 is 1.22 bits per heavy atom. The van der Waals surface area contributed by atoms with Gasteiger partial charge in [-0.1, -0.05) is 41.2 Å². The minimum Gasteiger partial charge on any atom is -0.380 e. The fourth-order valence-electron chi connectivity index (χ4n) is 2.11. The Balaban J connectivity index is 0.00000137. The van der Waals surface area contributed by atoms with Crippen LogP contribution in [0.5, 0.6) is 0 Å². The Morgan fingerprint density at radius 2 is 1.72 bits per heavy atom. The van der Waals surface area contributed by atoms with Crippen LogP contribution in [0.3, 0.4) is 0 Å². The molecule has 0 radical (unpaired) electrons. The van der Waals surface area contributed by atoms with Crippen molar-refractivity contribution in [2.75, 3.05) is 13.1 Å². The van der Waals surface area contributed by atoms with Gasteiger partial charge in [-0.15, -0.1) is 0 Å². The number of amides is 1. The third-order valence-electron chi connectivity index (χ3n) is 3.07. The minimum atomic E-state index is -0.164. The lowest BCUT2D eigenvalue weighted by atomic mass is 9.85. The first-order chi connectivity index (χ1) is 8.46. The third-order valence-corrected chi connectivity index (χ3v) is 3.07. The van der Waals surface area contributed by atoms with Crippen LogP contribution in [0.15, 0.2) is 12.8 Å². The predicted molar refractivity (Wildman–Crippen MR) is 78.4 cm³/mol. The zero-order chi connectivity index (χ0) is 14.2. The zero-order valence-corrected chi connectivity index (χ0v) is 12.8. The molecule has 1 N–H and O–H groups in total. The molecular formula is C15H30N2O. The summed E-state index contributed by atoms with van der Waals surface area (Å²) in [7, 11) is 0. The molecule has 3 heteroatoms. The third kappa shape index (κ3) is 5.11. The Morgan fingerprint density at radius 3 is 2.11 bits per heavy atom. The van der Waals surface area contributed by atoms with Crippen LogP contribution in [-0.2, 0) is 4.79 Å². The largest absolute Gasteiger partial charge is 0.380 e. The summed E-state index contributed by atoms with van der Waals surface area (Å²) in [5, 5.41) is 3.09. The van der Waals surface area contributed by atoms with E-state index < -0.39 is 0 Å². The molecule has 1 fully saturated rings. The molecule has 0 aromatic heterocycles. The minimum absolute atomic E-state index is 0.0806. The highest BCUT2D eigenvalue weighted by atomic mass is 16.2. The van der Waals surface area contributed by atoms with Crippen molar-refractivity contribution in [2.24, 2.45) is 5.41 Å². The molecule has 1 rings (SSSR count). The van der Waals surface area contributed by atoms with Gasteiger partial charge in [0.15, 0.2) is 0 Å². The molecule has 0 bridgehead atoms. The summed E-state index contributed by atoms with van der Waals surface area (Å²) in [6, 6.07) is -0.164. The van der Waals surface area contributed by atoms with Crippen molar-refractivity contribution in [1.82, 2.24) is 10.2 Å². The number of hydrogen-bond acceptors (Lipinski definition) is 2. The van der Waals surface area contributed by atoms with Crippen LogP contribution < -0.4 is 5.32 Å². The second kappa shape index (κ2) is 8.17. The van der Waals surface area contributed by atoms with Crippen molar-refractivity contribution >= 4 is 5.91 Å². The van der Waals surface area contributed by atoms with Gasteiger partial charge in [-0.2, -0.15) is 0 Å². The van der Waals surface area contributed by atoms with Gasteiger partial charge < -0.3 is 10.2 Å². The Hall–Kier alpha value is -0.990. The summed E-state index contributed by atoms with van der Waals surface area (Å²) in [4.78, 5) is 14.3. The molecule has 0 aromatic rings. The molecule has 1 unspecified atom stereocenters. The van der Waals surface area contributed by atoms with E-state index in [0.29, 0.717) is 0 Å². The molecule has 0 aliphatic carbocycles. The SMILES string of the molecule is C=CNC(C(=O)N1CCCCC1)C(C)(C)C.CC. The average Bonchev–Trinajstić information content (AvgIpc) is 2.37. The number of rotatable bonds is 3. The highest BCUT2D eigenvalue weighted by molar-refractivity contribution is 5.83. The predicted octanol–water partition coefficient (Wildman–Crippen LogP) is 3.17.